The number of hydrogen-bond donors (Lipinski definition) is 0. The number of benzene rings is 3. The molecule has 0 spiro atoms. The molecule has 0 radical (unpaired) electrons. The molecule has 0 bridgehead atoms. The van der Waals surface area contributed by atoms with Crippen molar-refractivity contribution in [1.29, 1.82) is 0 Å². The molecule has 0 N–H and O–H groups in total. The van der Waals surface area contributed by atoms with Crippen LogP contribution in [0.2, 0.25) is 0 Å². The van der Waals surface area contributed by atoms with Crippen LogP contribution in [0.5, 0.6) is 0 Å². The van der Waals surface area contributed by atoms with Crippen molar-refractivity contribution in [2.45, 2.75) is 48.5 Å². The molecule has 1 aliphatic rings. The summed E-state index contributed by atoms with van der Waals surface area (Å²) in [6.07, 6.45) is 0. The molecular weight excluding hydrogens is 548 g/mol. The van der Waals surface area contributed by atoms with Crippen LogP contribution >= 0.6 is 19.4 Å². The van der Waals surface area contributed by atoms with Crippen molar-refractivity contribution < 1.29 is 13.5 Å². The van der Waals surface area contributed by atoms with Gasteiger partial charge < -0.3 is 9.80 Å². The number of aryl methyl sites for hydroxylation is 7. The van der Waals surface area contributed by atoms with E-state index in [1.54, 1.807) is 0 Å². The zero-order valence-electron chi connectivity index (χ0n) is 21.2. The van der Waals surface area contributed by atoms with Gasteiger partial charge in [0.15, 0.2) is 0 Å². The molecule has 34 heavy (non-hydrogen) atoms. The molecule has 2 nitrogen and oxygen atoms in total. The van der Waals surface area contributed by atoms with Gasteiger partial charge in [0.25, 0.3) is 0 Å². The molecule has 184 valence electrons. The van der Waals surface area contributed by atoms with Gasteiger partial charge in [-0.2, -0.15) is 6.67 Å². The number of anilines is 2. The molecule has 1 heterocycles. The molecule has 0 atom stereocenters. The summed E-state index contributed by atoms with van der Waals surface area (Å²) >= 11 is -1.64. The first-order valence-electron chi connectivity index (χ1n) is 11.5. The fraction of sp³-hybridized carbons (Fsp3) is 0.310. The minimum absolute atomic E-state index is 1.04. The Morgan fingerprint density at radius 1 is 0.676 bits per heavy atom. The Labute approximate surface area is 219 Å². The molecule has 4 rings (SSSR count). The van der Waals surface area contributed by atoms with Gasteiger partial charge in [0.05, 0.1) is 0 Å². The average Bonchev–Trinajstić information content (AvgIpc) is 3.17. The topological polar surface area (TPSA) is 6.48 Å². The third-order valence-electron chi connectivity index (χ3n) is 6.08. The Morgan fingerprint density at radius 2 is 1.09 bits per heavy atom. The number of hydrogen-bond acceptors (Lipinski definition) is 2. The van der Waals surface area contributed by atoms with Crippen molar-refractivity contribution >= 4 is 35.4 Å². The fourth-order valence-electron chi connectivity index (χ4n) is 4.87. The van der Waals surface area contributed by atoms with Gasteiger partial charge in [0.1, 0.15) is 0 Å². The summed E-state index contributed by atoms with van der Waals surface area (Å²) in [7, 11) is 11.5. The van der Waals surface area contributed by atoms with Crippen LogP contribution in [0.4, 0.5) is 11.4 Å². The van der Waals surface area contributed by atoms with Crippen LogP contribution in [-0.4, -0.2) is 17.7 Å². The second-order valence-corrected chi connectivity index (χ2v) is 14.9. The van der Waals surface area contributed by atoms with Gasteiger partial charge >= 0.3 is 79.8 Å². The van der Waals surface area contributed by atoms with E-state index in [9.17, 15) is 0 Å². The van der Waals surface area contributed by atoms with Crippen molar-refractivity contribution in [2.75, 3.05) is 22.9 Å². The summed E-state index contributed by atoms with van der Waals surface area (Å²) in [5, 5.41) is 0. The molecule has 0 amide bonds. The first kappa shape index (κ1) is 26.9. The van der Waals surface area contributed by atoms with Gasteiger partial charge in [-0.1, -0.05) is 35.4 Å². The molecule has 0 aliphatic carbocycles. The van der Waals surface area contributed by atoms with Gasteiger partial charge in [-0.15, -0.1) is 0 Å². The van der Waals surface area contributed by atoms with Crippen molar-refractivity contribution in [3.63, 3.8) is 0 Å². The van der Waals surface area contributed by atoms with E-state index in [1.165, 1.54) is 50.3 Å². The van der Waals surface area contributed by atoms with Gasteiger partial charge in [-0.3, -0.25) is 0 Å². The Morgan fingerprint density at radius 3 is 1.47 bits per heavy atom. The third-order valence-corrected chi connectivity index (χ3v) is 7.91. The molecule has 3 aromatic rings. The quantitative estimate of drug-likeness (QED) is 0.227. The second kappa shape index (κ2) is 11.8. The number of halogens is 2. The van der Waals surface area contributed by atoms with E-state index in [0.29, 0.717) is 0 Å². The van der Waals surface area contributed by atoms with Crippen LogP contribution in [0, 0.1) is 55.1 Å². The summed E-state index contributed by atoms with van der Waals surface area (Å²) < 4.78 is 1.96. The maximum absolute atomic E-state index is 5.74. The second-order valence-electron chi connectivity index (χ2n) is 9.16. The van der Waals surface area contributed by atoms with E-state index in [1.807, 2.05) is 22.8 Å². The first-order chi connectivity index (χ1) is 16.1. The molecule has 1 fully saturated rings. The predicted octanol–water partition coefficient (Wildman–Crippen LogP) is 8.05. The summed E-state index contributed by atoms with van der Waals surface area (Å²) in [6, 6.07) is 17.2. The molecule has 1 saturated heterocycles. The zero-order valence-corrected chi connectivity index (χ0v) is 24.4. The van der Waals surface area contributed by atoms with Crippen molar-refractivity contribution in [1.82, 2.24) is 0 Å². The Hall–Kier alpha value is -1.67. The van der Waals surface area contributed by atoms with Crippen LogP contribution in [0.1, 0.15) is 44.5 Å². The first-order valence-corrected chi connectivity index (χ1v) is 17.0. The monoisotopic (exact) mass is 583 g/mol. The molecule has 0 aromatic heterocycles. The fourth-order valence-corrected chi connectivity index (χ4v) is 6.83. The van der Waals surface area contributed by atoms with Crippen LogP contribution < -0.4 is 9.80 Å². The van der Waals surface area contributed by atoms with E-state index in [2.05, 4.69) is 95.3 Å². The summed E-state index contributed by atoms with van der Waals surface area (Å²) in [6.45, 7) is 19.6. The molecule has 0 unspecified atom stereocenters. The van der Waals surface area contributed by atoms with Crippen LogP contribution in [0.3, 0.4) is 0 Å². The average molecular weight is 584 g/mol. The maximum atomic E-state index is 5.74. The number of rotatable bonds is 3. The van der Waals surface area contributed by atoms with Gasteiger partial charge in [0, 0.05) is 24.5 Å². The van der Waals surface area contributed by atoms with E-state index < -0.39 is 13.5 Å². The predicted molar refractivity (Wildman–Crippen MR) is 148 cm³/mol. The van der Waals surface area contributed by atoms with Crippen molar-refractivity contribution in [3.8, 4) is 0 Å². The van der Waals surface area contributed by atoms with E-state index in [-0.39, 0.29) is 0 Å². The van der Waals surface area contributed by atoms with Gasteiger partial charge in [-0.25, -0.2) is 0 Å². The Bertz CT molecular complexity index is 1090. The normalized spacial score (nSPS) is 13.5. The molecule has 1 aliphatic heterocycles. The standard InChI is InChI=1S/C21H27N2.C8H8.2ClH.Ru/c1-14-9-16(3)20(17(4)10-14)22-7-8-23(13-22)21-18(5)11-15(2)12-19(21)6;1-7-5-3-4-6-8(7)2;;;/h9-13H,7-8H2,1-6H3;1,3-6H,2H3;2*1H;/q-1;;;;+2/p-2. The summed E-state index contributed by atoms with van der Waals surface area (Å²) in [5.74, 6) is 0. The number of nitrogens with zero attached hydrogens (tertiary/aromatic N) is 2. The van der Waals surface area contributed by atoms with E-state index in [0.717, 1.165) is 18.7 Å². The van der Waals surface area contributed by atoms with Crippen molar-refractivity contribution in [3.05, 3.63) is 99.7 Å². The minimum atomic E-state index is -1.64. The molecule has 0 saturated carbocycles. The molecular formula is C29H35Cl2N2Ru-. The Kier molecular flexibility index (Phi) is 9.38. The van der Waals surface area contributed by atoms with Crippen LogP contribution in [0.25, 0.3) is 0 Å². The van der Waals surface area contributed by atoms with Gasteiger partial charge in [-0.05, 0) is 63.8 Å². The zero-order chi connectivity index (χ0) is 25.0. The van der Waals surface area contributed by atoms with Crippen LogP contribution in [0.15, 0.2) is 48.5 Å². The molecule has 5 heteroatoms. The molecule has 3 aromatic carbocycles. The third kappa shape index (κ3) is 6.72. The van der Waals surface area contributed by atoms with Gasteiger partial charge in [0.2, 0.25) is 0 Å². The summed E-state index contributed by atoms with van der Waals surface area (Å²) in [5.41, 5.74) is 13.2. The Balaban J connectivity index is 0.000000248. The van der Waals surface area contributed by atoms with Crippen molar-refractivity contribution in [2.24, 2.45) is 0 Å². The van der Waals surface area contributed by atoms with E-state index in [4.69, 9.17) is 19.4 Å². The van der Waals surface area contributed by atoms with Crippen LogP contribution in [-0.2, 0) is 13.5 Å². The SMILES string of the molecule is Cc1cc(C)c(N2[CH-]N(c3c(C)cc(C)cc3C)CC2)c(C)c1.Cc1ccccc1[CH]=[Ru]([Cl])[Cl]. The van der Waals surface area contributed by atoms with E-state index >= 15 is 0 Å². The summed E-state index contributed by atoms with van der Waals surface area (Å²) in [4.78, 5) is 4.81.